The molecule has 0 bridgehead atoms. The fourth-order valence-electron chi connectivity index (χ4n) is 3.37. The Morgan fingerprint density at radius 2 is 1.49 bits per heavy atom. The minimum absolute atomic E-state index is 0.0493. The van der Waals surface area contributed by atoms with E-state index >= 15 is 0 Å². The van der Waals surface area contributed by atoms with Crippen LogP contribution in [0.4, 0.5) is 23.2 Å². The Hall–Kier alpha value is -3.68. The molecule has 8 heteroatoms. The molecule has 4 nitrogen and oxygen atoms in total. The number of nitrogens with zero attached hydrogens (tertiary/aromatic N) is 1. The quantitative estimate of drug-likeness (QED) is 0.292. The summed E-state index contributed by atoms with van der Waals surface area (Å²) in [5.41, 5.74) is 1.12. The number of benzene rings is 3. The third kappa shape index (κ3) is 6.68. The van der Waals surface area contributed by atoms with E-state index in [2.05, 4.69) is 0 Å². The van der Waals surface area contributed by atoms with Gasteiger partial charge in [0.05, 0.1) is 17.8 Å². The summed E-state index contributed by atoms with van der Waals surface area (Å²) in [4.78, 5) is 24.8. The van der Waals surface area contributed by atoms with Crippen molar-refractivity contribution in [3.05, 3.63) is 101 Å². The fraction of sp³-hybridized carbons (Fsp3) is 0.259. The number of esters is 1. The summed E-state index contributed by atoms with van der Waals surface area (Å²) >= 11 is 0. The third-order valence-corrected chi connectivity index (χ3v) is 5.34. The van der Waals surface area contributed by atoms with Crippen LogP contribution in [0.15, 0.2) is 72.8 Å². The number of carbonyl (C=O) groups is 2. The summed E-state index contributed by atoms with van der Waals surface area (Å²) in [5, 5.41) is 0. The lowest BCUT2D eigenvalue weighted by Gasteiger charge is -2.25. The highest BCUT2D eigenvalue weighted by Crippen LogP contribution is 2.29. The van der Waals surface area contributed by atoms with Crippen molar-refractivity contribution < 1.29 is 31.9 Å². The Bertz CT molecular complexity index is 1180. The second-order valence-corrected chi connectivity index (χ2v) is 9.06. The number of hydrogen-bond donors (Lipinski definition) is 0. The lowest BCUT2D eigenvalue weighted by Crippen LogP contribution is -2.41. The number of hydrogen-bond acceptors (Lipinski definition) is 3. The highest BCUT2D eigenvalue weighted by molar-refractivity contribution is 5.98. The van der Waals surface area contributed by atoms with Crippen LogP contribution in [0.5, 0.6) is 0 Å². The molecule has 0 unspecified atom stereocenters. The van der Waals surface area contributed by atoms with Gasteiger partial charge < -0.3 is 4.74 Å². The maximum atomic E-state index is 14.9. The van der Waals surface area contributed by atoms with Crippen molar-refractivity contribution in [2.45, 2.75) is 45.5 Å². The second kappa shape index (κ2) is 10.3. The number of ether oxygens (including phenoxy) is 1. The van der Waals surface area contributed by atoms with E-state index in [1.807, 2.05) is 20.8 Å². The molecule has 3 aromatic rings. The van der Waals surface area contributed by atoms with Gasteiger partial charge in [0.15, 0.2) is 0 Å². The summed E-state index contributed by atoms with van der Waals surface area (Å²) in [5.74, 6) is -4.20. The molecule has 0 atom stereocenters. The summed E-state index contributed by atoms with van der Waals surface area (Å²) in [6.07, 6.45) is -5.22. The molecule has 0 spiro atoms. The molecule has 0 saturated carbocycles. The number of carbonyl (C=O) groups excluding carboxylic acids is 2. The molecule has 3 rings (SSSR count). The van der Waals surface area contributed by atoms with Crippen LogP contribution >= 0.6 is 0 Å². The van der Waals surface area contributed by atoms with E-state index < -0.39 is 36.1 Å². The number of amides is 1. The first-order chi connectivity index (χ1) is 16.4. The van der Waals surface area contributed by atoms with Crippen LogP contribution < -0.4 is 4.90 Å². The van der Waals surface area contributed by atoms with E-state index in [0.717, 1.165) is 29.3 Å². The number of alkyl halides is 3. The minimum atomic E-state index is -5.22. The predicted octanol–water partition coefficient (Wildman–Crippen LogP) is 6.58. The lowest BCUT2D eigenvalue weighted by atomic mass is 9.87. The highest BCUT2D eigenvalue weighted by atomic mass is 19.4. The molecule has 0 saturated heterocycles. The molecule has 0 aliphatic heterocycles. The standard InChI is InChI=1S/C27H25F4NO3/c1-26(2,3)21-12-9-18(10-13-21)16-32(25(34)27(29,30)31)23-14-11-20(15-22(23)28)24(33)35-17-19-7-5-4-6-8-19/h4-15H,16-17H2,1-3H3. The summed E-state index contributed by atoms with van der Waals surface area (Å²) in [6, 6.07) is 18.4. The van der Waals surface area contributed by atoms with Crippen molar-refractivity contribution >= 4 is 17.6 Å². The number of anilines is 1. The molecule has 3 aromatic carbocycles. The van der Waals surface area contributed by atoms with E-state index in [1.165, 1.54) is 0 Å². The normalized spacial score (nSPS) is 11.7. The first kappa shape index (κ1) is 25.9. The van der Waals surface area contributed by atoms with Crippen LogP contribution in [0.2, 0.25) is 0 Å². The maximum Gasteiger partial charge on any atom is 0.471 e. The highest BCUT2D eigenvalue weighted by Gasteiger charge is 2.43. The fourth-order valence-corrected chi connectivity index (χ4v) is 3.37. The third-order valence-electron chi connectivity index (χ3n) is 5.34. The van der Waals surface area contributed by atoms with Crippen molar-refractivity contribution in [3.63, 3.8) is 0 Å². The maximum absolute atomic E-state index is 14.9. The van der Waals surface area contributed by atoms with E-state index in [-0.39, 0.29) is 17.6 Å². The molecular formula is C27H25F4NO3. The predicted molar refractivity (Wildman–Crippen MR) is 124 cm³/mol. The van der Waals surface area contributed by atoms with E-state index in [9.17, 15) is 27.2 Å². The Balaban J connectivity index is 1.84. The molecular weight excluding hydrogens is 462 g/mol. The van der Waals surface area contributed by atoms with Crippen LogP contribution in [0, 0.1) is 5.82 Å². The van der Waals surface area contributed by atoms with Gasteiger partial charge in [-0.1, -0.05) is 75.4 Å². The summed E-state index contributed by atoms with van der Waals surface area (Å²) in [6.45, 7) is 5.42. The zero-order chi connectivity index (χ0) is 25.8. The average molecular weight is 487 g/mol. The van der Waals surface area contributed by atoms with Crippen molar-refractivity contribution in [2.24, 2.45) is 0 Å². The first-order valence-electron chi connectivity index (χ1n) is 10.8. The van der Waals surface area contributed by atoms with E-state index in [1.54, 1.807) is 54.6 Å². The van der Waals surface area contributed by atoms with Gasteiger partial charge in [-0.25, -0.2) is 9.18 Å². The lowest BCUT2D eigenvalue weighted by molar-refractivity contribution is -0.170. The molecule has 0 radical (unpaired) electrons. The molecule has 184 valence electrons. The van der Waals surface area contributed by atoms with E-state index in [4.69, 9.17) is 4.74 Å². The van der Waals surface area contributed by atoms with Gasteiger partial charge in [-0.15, -0.1) is 0 Å². The first-order valence-corrected chi connectivity index (χ1v) is 10.8. The Kier molecular flexibility index (Phi) is 7.63. The molecule has 0 N–H and O–H groups in total. The zero-order valence-electron chi connectivity index (χ0n) is 19.5. The number of rotatable bonds is 6. The van der Waals surface area contributed by atoms with Crippen LogP contribution in [-0.4, -0.2) is 18.1 Å². The molecule has 0 aromatic heterocycles. The average Bonchev–Trinajstić information content (AvgIpc) is 2.80. The van der Waals surface area contributed by atoms with Crippen LogP contribution in [0.1, 0.15) is 47.8 Å². The van der Waals surface area contributed by atoms with Gasteiger partial charge in [-0.2, -0.15) is 13.2 Å². The van der Waals surface area contributed by atoms with Crippen molar-refractivity contribution in [3.8, 4) is 0 Å². The summed E-state index contributed by atoms with van der Waals surface area (Å²) in [7, 11) is 0. The van der Waals surface area contributed by atoms with Gasteiger partial charge in [0.25, 0.3) is 0 Å². The monoisotopic (exact) mass is 487 g/mol. The summed E-state index contributed by atoms with van der Waals surface area (Å²) < 4.78 is 60.0. The van der Waals surface area contributed by atoms with Gasteiger partial charge in [0.2, 0.25) is 0 Å². The van der Waals surface area contributed by atoms with Crippen LogP contribution in [0.3, 0.4) is 0 Å². The van der Waals surface area contributed by atoms with E-state index in [0.29, 0.717) is 10.5 Å². The van der Waals surface area contributed by atoms with Gasteiger partial charge in [0, 0.05) is 0 Å². The minimum Gasteiger partial charge on any atom is -0.457 e. The Morgan fingerprint density at radius 1 is 0.857 bits per heavy atom. The molecule has 0 aliphatic carbocycles. The molecule has 0 fully saturated rings. The van der Waals surface area contributed by atoms with Gasteiger partial charge in [-0.05, 0) is 40.3 Å². The SMILES string of the molecule is CC(C)(C)c1ccc(CN(C(=O)C(F)(F)F)c2ccc(C(=O)OCc3ccccc3)cc2F)cc1. The number of halogens is 4. The van der Waals surface area contributed by atoms with Crippen molar-refractivity contribution in [2.75, 3.05) is 4.90 Å². The molecule has 0 heterocycles. The van der Waals surface area contributed by atoms with Crippen molar-refractivity contribution in [1.29, 1.82) is 0 Å². The molecule has 35 heavy (non-hydrogen) atoms. The molecule has 0 aliphatic rings. The van der Waals surface area contributed by atoms with Crippen molar-refractivity contribution in [1.82, 2.24) is 0 Å². The van der Waals surface area contributed by atoms with Gasteiger partial charge in [-0.3, -0.25) is 9.69 Å². The Morgan fingerprint density at radius 3 is 2.03 bits per heavy atom. The van der Waals surface area contributed by atoms with Gasteiger partial charge >= 0.3 is 18.1 Å². The molecule has 1 amide bonds. The topological polar surface area (TPSA) is 46.6 Å². The Labute approximate surface area is 201 Å². The zero-order valence-corrected chi connectivity index (χ0v) is 19.5. The van der Waals surface area contributed by atoms with Gasteiger partial charge in [0.1, 0.15) is 12.4 Å². The van der Waals surface area contributed by atoms with Crippen LogP contribution in [0.25, 0.3) is 0 Å². The smallest absolute Gasteiger partial charge is 0.457 e. The largest absolute Gasteiger partial charge is 0.471 e. The van der Waals surface area contributed by atoms with Crippen LogP contribution in [-0.2, 0) is 28.1 Å². The second-order valence-electron chi connectivity index (χ2n) is 9.06.